The summed E-state index contributed by atoms with van der Waals surface area (Å²) in [7, 11) is 0. The third-order valence-corrected chi connectivity index (χ3v) is 4.53. The summed E-state index contributed by atoms with van der Waals surface area (Å²) in [6, 6.07) is 22.6. The molecule has 7 nitrogen and oxygen atoms in total. The van der Waals surface area contributed by atoms with E-state index < -0.39 is 6.09 Å². The van der Waals surface area contributed by atoms with Crippen LogP contribution in [0.3, 0.4) is 0 Å². The first-order valence-electron chi connectivity index (χ1n) is 9.01. The average molecular weight is 386 g/mol. The number of hydrogen-bond donors (Lipinski definition) is 3. The predicted octanol–water partition coefficient (Wildman–Crippen LogP) is 4.55. The van der Waals surface area contributed by atoms with E-state index in [0.29, 0.717) is 23.1 Å². The van der Waals surface area contributed by atoms with Gasteiger partial charge in [-0.25, -0.2) is 9.59 Å². The van der Waals surface area contributed by atoms with Gasteiger partial charge >= 0.3 is 12.1 Å². The molecule has 1 heterocycles. The Bertz CT molecular complexity index is 1190. The van der Waals surface area contributed by atoms with Crippen molar-refractivity contribution < 1.29 is 14.7 Å². The topological polar surface area (TPSA) is 96.3 Å². The van der Waals surface area contributed by atoms with E-state index in [4.69, 9.17) is 5.11 Å². The highest BCUT2D eigenvalue weighted by atomic mass is 16.4. The molecule has 0 unspecified atom stereocenters. The second-order valence-corrected chi connectivity index (χ2v) is 6.45. The number of carbonyl (C=O) groups is 2. The number of rotatable bonds is 4. The number of amides is 2. The minimum Gasteiger partial charge on any atom is -0.463 e. The van der Waals surface area contributed by atoms with Crippen molar-refractivity contribution in [3.63, 3.8) is 0 Å². The smallest absolute Gasteiger partial charge is 0.432 e. The molecule has 0 fully saturated rings. The first-order chi connectivity index (χ1) is 14.1. The zero-order valence-electron chi connectivity index (χ0n) is 15.4. The maximum atomic E-state index is 12.4. The van der Waals surface area contributed by atoms with Crippen LogP contribution in [0.15, 0.2) is 79.0 Å². The Morgan fingerprint density at radius 1 is 0.931 bits per heavy atom. The minimum absolute atomic E-state index is 0.358. The van der Waals surface area contributed by atoms with Gasteiger partial charge in [0.15, 0.2) is 0 Å². The molecule has 3 aromatic carbocycles. The van der Waals surface area contributed by atoms with Gasteiger partial charge in [-0.2, -0.15) is 9.78 Å². The van der Waals surface area contributed by atoms with E-state index in [1.807, 2.05) is 54.6 Å². The van der Waals surface area contributed by atoms with E-state index >= 15 is 0 Å². The lowest BCUT2D eigenvalue weighted by Crippen LogP contribution is -2.28. The Kier molecular flexibility index (Phi) is 4.94. The quantitative estimate of drug-likeness (QED) is 0.479. The predicted molar refractivity (Wildman–Crippen MR) is 111 cm³/mol. The van der Waals surface area contributed by atoms with Gasteiger partial charge in [0, 0.05) is 11.9 Å². The molecule has 0 aliphatic carbocycles. The molecule has 0 aliphatic rings. The highest BCUT2D eigenvalue weighted by molar-refractivity contribution is 6.02. The van der Waals surface area contributed by atoms with Gasteiger partial charge in [0.1, 0.15) is 0 Å². The summed E-state index contributed by atoms with van der Waals surface area (Å²) in [5, 5.41) is 19.1. The average Bonchev–Trinajstić information content (AvgIpc) is 3.19. The van der Waals surface area contributed by atoms with E-state index in [2.05, 4.69) is 15.7 Å². The summed E-state index contributed by atoms with van der Waals surface area (Å²) in [6.45, 7) is 0.358. The molecule has 7 heteroatoms. The molecule has 4 rings (SSSR count). The zero-order chi connectivity index (χ0) is 20.2. The van der Waals surface area contributed by atoms with Gasteiger partial charge in [0.25, 0.3) is 0 Å². The Morgan fingerprint density at radius 3 is 2.48 bits per heavy atom. The maximum Gasteiger partial charge on any atom is 0.432 e. The monoisotopic (exact) mass is 386 g/mol. The summed E-state index contributed by atoms with van der Waals surface area (Å²) < 4.78 is 0.869. The lowest BCUT2D eigenvalue weighted by molar-refractivity contribution is 0.194. The Balaban J connectivity index is 1.45. The third-order valence-electron chi connectivity index (χ3n) is 4.53. The Hall–Kier alpha value is -4.13. The van der Waals surface area contributed by atoms with Crippen LogP contribution in [0.1, 0.15) is 5.56 Å². The summed E-state index contributed by atoms with van der Waals surface area (Å²) in [4.78, 5) is 23.6. The van der Waals surface area contributed by atoms with Crippen LogP contribution >= 0.6 is 0 Å². The van der Waals surface area contributed by atoms with Crippen LogP contribution in [-0.4, -0.2) is 27.0 Å². The molecule has 0 spiro atoms. The van der Waals surface area contributed by atoms with Gasteiger partial charge in [-0.1, -0.05) is 54.6 Å². The number of hydrogen-bond acceptors (Lipinski definition) is 3. The summed E-state index contributed by atoms with van der Waals surface area (Å²) in [6.07, 6.45) is 0.238. The lowest BCUT2D eigenvalue weighted by atomic mass is 10.0. The van der Waals surface area contributed by atoms with E-state index in [1.54, 1.807) is 18.2 Å². The molecule has 0 bridgehead atoms. The van der Waals surface area contributed by atoms with Crippen molar-refractivity contribution in [2.75, 3.05) is 5.32 Å². The Morgan fingerprint density at radius 2 is 1.69 bits per heavy atom. The SMILES string of the molecule is O=C(NCc1cccc(-c2ccccc2)c1)Nc1cccc2c1cnn2C(=O)O. The molecule has 0 saturated heterocycles. The van der Waals surface area contributed by atoms with Crippen LogP contribution in [0.5, 0.6) is 0 Å². The number of nitrogens with zero attached hydrogens (tertiary/aromatic N) is 2. The number of nitrogens with one attached hydrogen (secondary N) is 2. The second kappa shape index (κ2) is 7.85. The summed E-state index contributed by atoms with van der Waals surface area (Å²) >= 11 is 0. The minimum atomic E-state index is -1.18. The lowest BCUT2D eigenvalue weighted by Gasteiger charge is -2.10. The van der Waals surface area contributed by atoms with Crippen molar-refractivity contribution in [1.82, 2.24) is 15.1 Å². The molecule has 0 atom stereocenters. The fourth-order valence-electron chi connectivity index (χ4n) is 3.15. The zero-order valence-corrected chi connectivity index (χ0v) is 15.4. The van der Waals surface area contributed by atoms with Crippen molar-refractivity contribution in [3.8, 4) is 11.1 Å². The van der Waals surface area contributed by atoms with Crippen LogP contribution in [-0.2, 0) is 6.54 Å². The van der Waals surface area contributed by atoms with Gasteiger partial charge < -0.3 is 15.7 Å². The molecular weight excluding hydrogens is 368 g/mol. The van der Waals surface area contributed by atoms with Gasteiger partial charge in [0.05, 0.1) is 17.4 Å². The van der Waals surface area contributed by atoms with Crippen molar-refractivity contribution >= 4 is 28.7 Å². The van der Waals surface area contributed by atoms with Crippen LogP contribution in [0.2, 0.25) is 0 Å². The first-order valence-corrected chi connectivity index (χ1v) is 9.01. The maximum absolute atomic E-state index is 12.4. The number of anilines is 1. The van der Waals surface area contributed by atoms with Gasteiger partial charge in [-0.3, -0.25) is 0 Å². The first kappa shape index (κ1) is 18.2. The molecule has 3 N–H and O–H groups in total. The summed E-state index contributed by atoms with van der Waals surface area (Å²) in [5.41, 5.74) is 4.06. The highest BCUT2D eigenvalue weighted by Gasteiger charge is 2.12. The van der Waals surface area contributed by atoms with Crippen LogP contribution in [0, 0.1) is 0 Å². The fraction of sp³-hybridized carbons (Fsp3) is 0.0455. The van der Waals surface area contributed by atoms with Gasteiger partial charge in [-0.05, 0) is 34.9 Å². The van der Waals surface area contributed by atoms with Crippen LogP contribution in [0.4, 0.5) is 15.3 Å². The number of carbonyl (C=O) groups excluding carboxylic acids is 1. The number of urea groups is 1. The van der Waals surface area contributed by atoms with Crippen molar-refractivity contribution in [2.45, 2.75) is 6.54 Å². The van der Waals surface area contributed by atoms with E-state index in [1.165, 1.54) is 6.20 Å². The van der Waals surface area contributed by atoms with Crippen molar-refractivity contribution in [2.24, 2.45) is 0 Å². The number of fused-ring (bicyclic) bond motifs is 1. The normalized spacial score (nSPS) is 10.6. The molecule has 144 valence electrons. The van der Waals surface area contributed by atoms with Gasteiger partial charge in [-0.15, -0.1) is 0 Å². The molecule has 0 aliphatic heterocycles. The van der Waals surface area contributed by atoms with Crippen LogP contribution < -0.4 is 10.6 Å². The van der Waals surface area contributed by atoms with E-state index in [0.717, 1.165) is 21.4 Å². The van der Waals surface area contributed by atoms with Gasteiger partial charge in [0.2, 0.25) is 0 Å². The van der Waals surface area contributed by atoms with E-state index in [-0.39, 0.29) is 6.03 Å². The standard InChI is InChI=1S/C22H18N4O3/c27-21(25-19-10-5-11-20-18(19)14-24-26(20)22(28)29)23-13-15-6-4-9-17(12-15)16-7-2-1-3-8-16/h1-12,14H,13H2,(H,28,29)(H2,23,25,27). The molecule has 2 amide bonds. The van der Waals surface area contributed by atoms with E-state index in [9.17, 15) is 9.59 Å². The van der Waals surface area contributed by atoms with Crippen molar-refractivity contribution in [1.29, 1.82) is 0 Å². The van der Waals surface area contributed by atoms with Crippen LogP contribution in [0.25, 0.3) is 22.0 Å². The number of benzene rings is 3. The molecule has 0 radical (unpaired) electrons. The fourth-order valence-corrected chi connectivity index (χ4v) is 3.15. The molecule has 1 aromatic heterocycles. The van der Waals surface area contributed by atoms with Crippen molar-refractivity contribution in [3.05, 3.63) is 84.6 Å². The number of aromatic nitrogens is 2. The third kappa shape index (κ3) is 3.93. The molecular formula is C22H18N4O3. The summed E-state index contributed by atoms with van der Waals surface area (Å²) in [5.74, 6) is 0. The molecule has 0 saturated carbocycles. The highest BCUT2D eigenvalue weighted by Crippen LogP contribution is 2.23. The number of carboxylic acid groups (broad SMARTS) is 1. The Labute approximate surface area is 166 Å². The molecule has 4 aromatic rings. The molecule has 29 heavy (non-hydrogen) atoms. The largest absolute Gasteiger partial charge is 0.463 e. The second-order valence-electron chi connectivity index (χ2n) is 6.45.